The Labute approximate surface area is 155 Å². The number of morpholine rings is 1. The largest absolute Gasteiger partial charge is 0.370 e. The van der Waals surface area contributed by atoms with Gasteiger partial charge in [0.2, 0.25) is 0 Å². The molecule has 0 amide bonds. The van der Waals surface area contributed by atoms with Crippen molar-refractivity contribution in [3.8, 4) is 0 Å². The Morgan fingerprint density at radius 1 is 1.31 bits per heavy atom. The van der Waals surface area contributed by atoms with Crippen molar-refractivity contribution in [2.45, 2.75) is 32.9 Å². The first-order valence-corrected chi connectivity index (χ1v) is 9.41. The topological polar surface area (TPSA) is 54.7 Å². The number of aryl methyl sites for hydroxylation is 2. The minimum atomic E-state index is 0.0317. The zero-order valence-corrected chi connectivity index (χ0v) is 16.0. The van der Waals surface area contributed by atoms with Crippen LogP contribution >= 0.6 is 0 Å². The fourth-order valence-electron chi connectivity index (χ4n) is 3.29. The normalized spacial score (nSPS) is 18.2. The van der Waals surface area contributed by atoms with E-state index < -0.39 is 0 Å². The molecule has 1 aromatic heterocycles. The van der Waals surface area contributed by atoms with Crippen molar-refractivity contribution >= 4 is 5.96 Å². The number of hydrogen-bond donors (Lipinski definition) is 1. The molecule has 6 nitrogen and oxygen atoms in total. The number of nitrogens with one attached hydrogen (secondary N) is 1. The van der Waals surface area contributed by atoms with Gasteiger partial charge in [-0.15, -0.1) is 0 Å². The predicted molar refractivity (Wildman–Crippen MR) is 104 cm³/mol. The molecule has 0 bridgehead atoms. The zero-order valence-electron chi connectivity index (χ0n) is 16.0. The van der Waals surface area contributed by atoms with E-state index in [1.807, 2.05) is 24.1 Å². The summed E-state index contributed by atoms with van der Waals surface area (Å²) in [7, 11) is 1.93. The van der Waals surface area contributed by atoms with Crippen molar-refractivity contribution in [1.29, 1.82) is 0 Å². The van der Waals surface area contributed by atoms with E-state index in [4.69, 9.17) is 9.73 Å². The summed E-state index contributed by atoms with van der Waals surface area (Å²) < 4.78 is 7.78. The highest BCUT2D eigenvalue weighted by Gasteiger charge is 2.25. The molecule has 0 saturated carbocycles. The Balaban J connectivity index is 1.73. The number of hydrogen-bond acceptors (Lipinski definition) is 3. The van der Waals surface area contributed by atoms with Gasteiger partial charge in [-0.2, -0.15) is 5.10 Å². The first-order valence-electron chi connectivity index (χ1n) is 9.41. The van der Waals surface area contributed by atoms with E-state index in [9.17, 15) is 0 Å². The van der Waals surface area contributed by atoms with E-state index in [0.29, 0.717) is 13.2 Å². The summed E-state index contributed by atoms with van der Waals surface area (Å²) in [6.07, 6.45) is 4.97. The first kappa shape index (κ1) is 18.5. The van der Waals surface area contributed by atoms with Crippen molar-refractivity contribution in [3.63, 3.8) is 0 Å². The zero-order chi connectivity index (χ0) is 18.4. The Hall–Kier alpha value is -2.34. The van der Waals surface area contributed by atoms with Crippen LogP contribution in [0.5, 0.6) is 0 Å². The molecule has 3 rings (SSSR count). The van der Waals surface area contributed by atoms with Gasteiger partial charge in [0.05, 0.1) is 25.9 Å². The van der Waals surface area contributed by atoms with Crippen LogP contribution < -0.4 is 5.32 Å². The van der Waals surface area contributed by atoms with Crippen molar-refractivity contribution in [2.24, 2.45) is 12.0 Å². The number of nitrogens with zero attached hydrogens (tertiary/aromatic N) is 4. The quantitative estimate of drug-likeness (QED) is 0.661. The second-order valence-electron chi connectivity index (χ2n) is 6.55. The van der Waals surface area contributed by atoms with E-state index in [0.717, 1.165) is 37.6 Å². The lowest BCUT2D eigenvalue weighted by Crippen LogP contribution is -2.48. The molecule has 0 aliphatic carbocycles. The van der Waals surface area contributed by atoms with Gasteiger partial charge in [0.15, 0.2) is 5.96 Å². The molecule has 1 unspecified atom stereocenters. The van der Waals surface area contributed by atoms with Crippen LogP contribution in [-0.4, -0.2) is 46.9 Å². The van der Waals surface area contributed by atoms with E-state index in [1.165, 1.54) is 11.1 Å². The summed E-state index contributed by atoms with van der Waals surface area (Å²) in [4.78, 5) is 7.20. The molecule has 1 fully saturated rings. The van der Waals surface area contributed by atoms with Crippen molar-refractivity contribution in [2.75, 3.05) is 26.2 Å². The molecule has 1 aliphatic heterocycles. The van der Waals surface area contributed by atoms with Gasteiger partial charge in [-0.1, -0.05) is 31.2 Å². The maximum atomic E-state index is 5.96. The molecule has 2 aromatic rings. The fraction of sp³-hybridized carbons (Fsp3) is 0.500. The number of benzene rings is 1. The lowest BCUT2D eigenvalue weighted by atomic mass is 10.1. The van der Waals surface area contributed by atoms with Gasteiger partial charge in [-0.3, -0.25) is 4.68 Å². The molecule has 1 aromatic carbocycles. The molecule has 140 valence electrons. The minimum Gasteiger partial charge on any atom is -0.370 e. The third-order valence-corrected chi connectivity index (χ3v) is 4.70. The highest BCUT2D eigenvalue weighted by Crippen LogP contribution is 2.22. The molecule has 1 aliphatic rings. The van der Waals surface area contributed by atoms with Gasteiger partial charge < -0.3 is 15.0 Å². The molecular weight excluding hydrogens is 326 g/mol. The second-order valence-corrected chi connectivity index (χ2v) is 6.55. The third kappa shape index (κ3) is 4.43. The summed E-state index contributed by atoms with van der Waals surface area (Å²) in [6, 6.07) is 8.54. The van der Waals surface area contributed by atoms with Gasteiger partial charge in [0.25, 0.3) is 0 Å². The molecule has 0 radical (unpaired) electrons. The first-order chi connectivity index (χ1) is 12.7. The van der Waals surface area contributed by atoms with E-state index in [1.54, 1.807) is 0 Å². The summed E-state index contributed by atoms with van der Waals surface area (Å²) in [5.41, 5.74) is 3.77. The molecule has 0 spiro atoms. The monoisotopic (exact) mass is 355 g/mol. The highest BCUT2D eigenvalue weighted by molar-refractivity contribution is 5.80. The molecular formula is C20H29N5O. The molecule has 1 saturated heterocycles. The summed E-state index contributed by atoms with van der Waals surface area (Å²) in [5.74, 6) is 0.954. The minimum absolute atomic E-state index is 0.0317. The van der Waals surface area contributed by atoms with Crippen LogP contribution in [0.1, 0.15) is 36.6 Å². The second kappa shape index (κ2) is 8.85. The highest BCUT2D eigenvalue weighted by atomic mass is 16.5. The lowest BCUT2D eigenvalue weighted by Gasteiger charge is -2.34. The Morgan fingerprint density at radius 3 is 2.81 bits per heavy atom. The van der Waals surface area contributed by atoms with Crippen LogP contribution in [0, 0.1) is 0 Å². The average molecular weight is 355 g/mol. The molecule has 1 atom stereocenters. The van der Waals surface area contributed by atoms with E-state index in [-0.39, 0.29) is 6.10 Å². The number of ether oxygens (including phenoxy) is 1. The van der Waals surface area contributed by atoms with Gasteiger partial charge in [-0.05, 0) is 24.5 Å². The summed E-state index contributed by atoms with van der Waals surface area (Å²) in [5, 5.41) is 7.70. The Kier molecular flexibility index (Phi) is 6.28. The lowest BCUT2D eigenvalue weighted by molar-refractivity contribution is -0.00805. The molecule has 2 heterocycles. The average Bonchev–Trinajstić information content (AvgIpc) is 3.12. The summed E-state index contributed by atoms with van der Waals surface area (Å²) >= 11 is 0. The van der Waals surface area contributed by atoms with E-state index >= 15 is 0 Å². The molecule has 6 heteroatoms. The smallest absolute Gasteiger partial charge is 0.194 e. The van der Waals surface area contributed by atoms with Crippen LogP contribution in [0.3, 0.4) is 0 Å². The number of rotatable bonds is 5. The standard InChI is InChI=1S/C20H29N5O/c1-4-16-8-6-7-9-17(16)12-22-20(21-5-2)25-10-11-26-19(15-25)18-13-23-24(3)14-18/h6-9,13-14,19H,4-5,10-12,15H2,1-3H3,(H,21,22). The van der Waals surface area contributed by atoms with Gasteiger partial charge in [0, 0.05) is 31.9 Å². The number of aromatic nitrogens is 2. The van der Waals surface area contributed by atoms with E-state index in [2.05, 4.69) is 53.4 Å². The Bertz CT molecular complexity index is 739. The Morgan fingerprint density at radius 2 is 2.12 bits per heavy atom. The van der Waals surface area contributed by atoms with Crippen molar-refractivity contribution in [1.82, 2.24) is 20.0 Å². The molecule has 26 heavy (non-hydrogen) atoms. The van der Waals surface area contributed by atoms with Crippen molar-refractivity contribution in [3.05, 3.63) is 53.3 Å². The summed E-state index contributed by atoms with van der Waals surface area (Å²) in [6.45, 7) is 8.16. The van der Waals surface area contributed by atoms with Crippen LogP contribution in [0.15, 0.2) is 41.7 Å². The van der Waals surface area contributed by atoms with Crippen LogP contribution in [0.25, 0.3) is 0 Å². The van der Waals surface area contributed by atoms with Gasteiger partial charge in [-0.25, -0.2) is 4.99 Å². The number of aliphatic imine (C=N–C) groups is 1. The number of guanidine groups is 1. The van der Waals surface area contributed by atoms with Crippen LogP contribution in [0.4, 0.5) is 0 Å². The maximum absolute atomic E-state index is 5.96. The van der Waals surface area contributed by atoms with Crippen LogP contribution in [-0.2, 0) is 24.8 Å². The SMILES string of the molecule is CCNC(=NCc1ccccc1CC)N1CCOC(c2cnn(C)c2)C1. The molecule has 1 N–H and O–H groups in total. The van der Waals surface area contributed by atoms with Gasteiger partial charge >= 0.3 is 0 Å². The maximum Gasteiger partial charge on any atom is 0.194 e. The fourth-order valence-corrected chi connectivity index (χ4v) is 3.29. The van der Waals surface area contributed by atoms with Crippen LogP contribution in [0.2, 0.25) is 0 Å². The predicted octanol–water partition coefficient (Wildman–Crippen LogP) is 2.52. The van der Waals surface area contributed by atoms with Crippen molar-refractivity contribution < 1.29 is 4.74 Å². The van der Waals surface area contributed by atoms with Gasteiger partial charge in [0.1, 0.15) is 6.10 Å². The third-order valence-electron chi connectivity index (χ3n) is 4.70.